The lowest BCUT2D eigenvalue weighted by atomic mass is 10.1. The van der Waals surface area contributed by atoms with Gasteiger partial charge in [-0.15, -0.1) is 0 Å². The fourth-order valence-electron chi connectivity index (χ4n) is 1.62. The van der Waals surface area contributed by atoms with Crippen LogP contribution in [0.4, 0.5) is 0 Å². The van der Waals surface area contributed by atoms with E-state index in [1.54, 1.807) is 12.1 Å². The van der Waals surface area contributed by atoms with E-state index >= 15 is 0 Å². The van der Waals surface area contributed by atoms with Crippen molar-refractivity contribution in [3.8, 4) is 0 Å². The van der Waals surface area contributed by atoms with Gasteiger partial charge in [-0.2, -0.15) is 0 Å². The maximum atomic E-state index is 12.0. The third-order valence-electron chi connectivity index (χ3n) is 2.72. The van der Waals surface area contributed by atoms with Crippen LogP contribution in [-0.4, -0.2) is 37.7 Å². The van der Waals surface area contributed by atoms with Gasteiger partial charge in [-0.25, -0.2) is 9.59 Å². The van der Waals surface area contributed by atoms with Gasteiger partial charge in [0.1, 0.15) is 13.2 Å². The molecule has 0 heterocycles. The molecule has 0 aliphatic rings. The zero-order valence-electron chi connectivity index (χ0n) is 12.8. The molecular weight excluding hydrogens is 288 g/mol. The van der Waals surface area contributed by atoms with Gasteiger partial charge < -0.3 is 14.2 Å². The van der Waals surface area contributed by atoms with Gasteiger partial charge in [0.05, 0.1) is 17.7 Å². The van der Waals surface area contributed by atoms with Crippen molar-refractivity contribution in [3.63, 3.8) is 0 Å². The van der Waals surface area contributed by atoms with Crippen molar-refractivity contribution >= 4 is 17.9 Å². The van der Waals surface area contributed by atoms with E-state index in [0.717, 1.165) is 12.8 Å². The quantitative estimate of drug-likeness (QED) is 0.417. The van der Waals surface area contributed by atoms with Crippen molar-refractivity contribution in [3.05, 3.63) is 35.4 Å². The number of hydrogen-bond acceptors (Lipinski definition) is 6. The second-order valence-electron chi connectivity index (χ2n) is 4.51. The highest BCUT2D eigenvalue weighted by molar-refractivity contribution is 6.03. The molecule has 6 heteroatoms. The molecule has 0 atom stereocenters. The first-order valence-corrected chi connectivity index (χ1v) is 7.13. The van der Waals surface area contributed by atoms with E-state index in [0.29, 0.717) is 6.61 Å². The Morgan fingerprint density at radius 3 is 1.86 bits per heavy atom. The number of hydrogen-bond donors (Lipinski definition) is 0. The fourth-order valence-corrected chi connectivity index (χ4v) is 1.62. The van der Waals surface area contributed by atoms with Gasteiger partial charge in [-0.1, -0.05) is 25.5 Å². The zero-order chi connectivity index (χ0) is 16.4. The first-order chi connectivity index (χ1) is 10.6. The van der Waals surface area contributed by atoms with Crippen LogP contribution in [0.3, 0.4) is 0 Å². The number of unbranched alkanes of at least 4 members (excludes halogenated alkanes) is 1. The summed E-state index contributed by atoms with van der Waals surface area (Å²) in [4.78, 5) is 34.5. The molecule has 1 rings (SSSR count). The molecule has 22 heavy (non-hydrogen) atoms. The van der Waals surface area contributed by atoms with E-state index in [9.17, 15) is 14.4 Å². The molecule has 1 aromatic carbocycles. The molecule has 0 bridgehead atoms. The predicted molar refractivity (Wildman–Crippen MR) is 78.5 cm³/mol. The molecule has 0 unspecified atom stereocenters. The summed E-state index contributed by atoms with van der Waals surface area (Å²) in [5.74, 6) is -1.66. The van der Waals surface area contributed by atoms with E-state index < -0.39 is 17.9 Å². The standard InChI is InChI=1S/C16H20O6/c1-3-4-9-21-15(18)13-7-5-6-8-14(13)16(19)22-11-10-20-12(2)17/h5-8H,3-4,9-11H2,1-2H3. The van der Waals surface area contributed by atoms with E-state index in [2.05, 4.69) is 4.74 Å². The molecular formula is C16H20O6. The normalized spacial score (nSPS) is 9.91. The fraction of sp³-hybridized carbons (Fsp3) is 0.438. The average molecular weight is 308 g/mol. The molecule has 0 saturated carbocycles. The maximum Gasteiger partial charge on any atom is 0.339 e. The Morgan fingerprint density at radius 1 is 0.864 bits per heavy atom. The van der Waals surface area contributed by atoms with Crippen LogP contribution < -0.4 is 0 Å². The largest absolute Gasteiger partial charge is 0.462 e. The number of benzene rings is 1. The van der Waals surface area contributed by atoms with Crippen LogP contribution in [0.2, 0.25) is 0 Å². The SMILES string of the molecule is CCCCOC(=O)c1ccccc1C(=O)OCCOC(C)=O. The average Bonchev–Trinajstić information content (AvgIpc) is 2.51. The summed E-state index contributed by atoms with van der Waals surface area (Å²) in [6.45, 7) is 3.47. The molecule has 6 nitrogen and oxygen atoms in total. The van der Waals surface area contributed by atoms with Gasteiger partial charge in [0.25, 0.3) is 0 Å². The molecule has 0 aliphatic carbocycles. The summed E-state index contributed by atoms with van der Waals surface area (Å²) in [7, 11) is 0. The summed E-state index contributed by atoms with van der Waals surface area (Å²) < 4.78 is 14.7. The number of rotatable bonds is 8. The Hall–Kier alpha value is -2.37. The van der Waals surface area contributed by atoms with Crippen molar-refractivity contribution in [2.24, 2.45) is 0 Å². The molecule has 0 saturated heterocycles. The number of esters is 3. The second-order valence-corrected chi connectivity index (χ2v) is 4.51. The summed E-state index contributed by atoms with van der Waals surface area (Å²) >= 11 is 0. The molecule has 1 aromatic rings. The Morgan fingerprint density at radius 2 is 1.36 bits per heavy atom. The van der Waals surface area contributed by atoms with Crippen LogP contribution in [-0.2, 0) is 19.0 Å². The molecule has 0 radical (unpaired) electrons. The lowest BCUT2D eigenvalue weighted by Crippen LogP contribution is -2.16. The van der Waals surface area contributed by atoms with Gasteiger partial charge in [-0.3, -0.25) is 4.79 Å². The molecule has 0 aromatic heterocycles. The smallest absolute Gasteiger partial charge is 0.339 e. The number of carbonyl (C=O) groups is 3. The minimum atomic E-state index is -0.657. The van der Waals surface area contributed by atoms with E-state index in [1.807, 2.05) is 6.92 Å². The number of ether oxygens (including phenoxy) is 3. The highest BCUT2D eigenvalue weighted by atomic mass is 16.6. The molecule has 0 N–H and O–H groups in total. The predicted octanol–water partition coefficient (Wildman–Crippen LogP) is 2.36. The lowest BCUT2D eigenvalue weighted by molar-refractivity contribution is -0.142. The Bertz CT molecular complexity index is 523. The third-order valence-corrected chi connectivity index (χ3v) is 2.72. The van der Waals surface area contributed by atoms with Crippen LogP contribution in [0.25, 0.3) is 0 Å². The van der Waals surface area contributed by atoms with Crippen LogP contribution in [0.1, 0.15) is 47.4 Å². The van der Waals surface area contributed by atoms with Crippen LogP contribution in [0.15, 0.2) is 24.3 Å². The molecule has 120 valence electrons. The zero-order valence-corrected chi connectivity index (χ0v) is 12.8. The summed E-state index contributed by atoms with van der Waals surface area (Å²) in [5, 5.41) is 0. The van der Waals surface area contributed by atoms with Crippen molar-refractivity contribution in [1.82, 2.24) is 0 Å². The van der Waals surface area contributed by atoms with E-state index in [4.69, 9.17) is 9.47 Å². The topological polar surface area (TPSA) is 78.9 Å². The minimum Gasteiger partial charge on any atom is -0.462 e. The molecule has 0 amide bonds. The van der Waals surface area contributed by atoms with Gasteiger partial charge in [0, 0.05) is 6.92 Å². The van der Waals surface area contributed by atoms with Crippen LogP contribution in [0.5, 0.6) is 0 Å². The summed E-state index contributed by atoms with van der Waals surface area (Å²) in [6, 6.07) is 6.28. The Labute approximate surface area is 129 Å². The minimum absolute atomic E-state index is 0.0236. The van der Waals surface area contributed by atoms with Gasteiger partial charge in [-0.05, 0) is 18.6 Å². The highest BCUT2D eigenvalue weighted by Gasteiger charge is 2.18. The lowest BCUT2D eigenvalue weighted by Gasteiger charge is -2.09. The summed E-state index contributed by atoms with van der Waals surface area (Å²) in [6.07, 6.45) is 1.67. The van der Waals surface area contributed by atoms with Gasteiger partial charge in [0.2, 0.25) is 0 Å². The molecule has 0 aliphatic heterocycles. The highest BCUT2D eigenvalue weighted by Crippen LogP contribution is 2.12. The van der Waals surface area contributed by atoms with E-state index in [-0.39, 0.29) is 24.3 Å². The monoisotopic (exact) mass is 308 g/mol. The van der Waals surface area contributed by atoms with E-state index in [1.165, 1.54) is 19.1 Å². The molecule has 0 spiro atoms. The van der Waals surface area contributed by atoms with Crippen LogP contribution in [0, 0.1) is 0 Å². The Kier molecular flexibility index (Phi) is 7.67. The van der Waals surface area contributed by atoms with Crippen molar-refractivity contribution in [2.45, 2.75) is 26.7 Å². The van der Waals surface area contributed by atoms with Crippen molar-refractivity contribution in [1.29, 1.82) is 0 Å². The Balaban J connectivity index is 2.63. The van der Waals surface area contributed by atoms with Gasteiger partial charge in [0.15, 0.2) is 0 Å². The maximum absolute atomic E-state index is 12.0. The third kappa shape index (κ3) is 5.95. The summed E-state index contributed by atoms with van der Waals surface area (Å²) in [5.41, 5.74) is 0.294. The van der Waals surface area contributed by atoms with Crippen molar-refractivity contribution in [2.75, 3.05) is 19.8 Å². The van der Waals surface area contributed by atoms with Gasteiger partial charge >= 0.3 is 17.9 Å². The second kappa shape index (κ2) is 9.55. The molecule has 0 fully saturated rings. The first-order valence-electron chi connectivity index (χ1n) is 7.13. The van der Waals surface area contributed by atoms with Crippen molar-refractivity contribution < 1.29 is 28.6 Å². The number of carbonyl (C=O) groups excluding carboxylic acids is 3. The first kappa shape index (κ1) is 17.7. The van der Waals surface area contributed by atoms with Crippen LogP contribution >= 0.6 is 0 Å².